The number of methoxy groups -OCH3 is 2. The van der Waals surface area contributed by atoms with Crippen molar-refractivity contribution in [3.8, 4) is 33.6 Å². The third-order valence-corrected chi connectivity index (χ3v) is 11.3. The topological polar surface area (TPSA) is 185 Å². The van der Waals surface area contributed by atoms with Crippen molar-refractivity contribution in [3.05, 3.63) is 72.6 Å². The average molecular weight is 835 g/mol. The number of rotatable bonds is 16. The summed E-state index contributed by atoms with van der Waals surface area (Å²) in [7, 11) is 2.75. The highest BCUT2D eigenvalue weighted by Gasteiger charge is 2.52. The first-order chi connectivity index (χ1) is 29.0. The van der Waals surface area contributed by atoms with E-state index >= 15 is 0 Å². The number of nitrogens with zero attached hydrogens (tertiary/aromatic N) is 4. The number of alkyl halides is 2. The Morgan fingerprint density at radius 3 is 2.00 bits per heavy atom. The molecule has 1 spiro atoms. The molecule has 4 aromatic rings. The van der Waals surface area contributed by atoms with Crippen LogP contribution in [0.2, 0.25) is 0 Å². The van der Waals surface area contributed by atoms with Crippen molar-refractivity contribution in [2.75, 3.05) is 53.9 Å². The van der Waals surface area contributed by atoms with Gasteiger partial charge in [0.05, 0.1) is 82.1 Å². The molecule has 3 fully saturated rings. The number of hydrogen-bond acceptors (Lipinski definition) is 11. The molecule has 4 atom stereocenters. The predicted octanol–water partition coefficient (Wildman–Crippen LogP) is 5.39. The number of carbonyl (C=O) groups is 3. The van der Waals surface area contributed by atoms with Crippen LogP contribution in [-0.2, 0) is 33.3 Å². The molecule has 0 aliphatic carbocycles. The van der Waals surface area contributed by atoms with Gasteiger partial charge in [0.1, 0.15) is 17.7 Å². The Morgan fingerprint density at radius 2 is 1.45 bits per heavy atom. The monoisotopic (exact) mass is 834 g/mol. The first kappa shape index (κ1) is 42.8. The molecule has 0 bridgehead atoms. The summed E-state index contributed by atoms with van der Waals surface area (Å²) in [5, 5.41) is 5.66. The predicted molar refractivity (Wildman–Crippen MR) is 214 cm³/mol. The summed E-state index contributed by atoms with van der Waals surface area (Å²) in [6.45, 7) is 2.52. The van der Waals surface area contributed by atoms with E-state index in [9.17, 15) is 23.2 Å². The van der Waals surface area contributed by atoms with Gasteiger partial charge in [-0.3, -0.25) is 14.9 Å². The second-order valence-electron chi connectivity index (χ2n) is 15.5. The molecular formula is C42H52F2N8O8. The van der Waals surface area contributed by atoms with Crippen LogP contribution in [0.4, 0.5) is 13.6 Å². The maximum atomic E-state index is 14.0. The van der Waals surface area contributed by atoms with E-state index in [1.54, 1.807) is 24.4 Å². The number of H-pyrrole nitrogens is 2. The standard InChI is InChI=1S/C42H52F2N8O8/c1-25(2)35(47-24-56-3)39(54)52-23-42(59-18-19-60-42)20-34(52)37-46-22-32(49-37)29-13-9-27(10-14-29)26-7-11-28(12-8-26)31-21-45-36(48-31)33-6-5-16-51(33)38(53)30(50-41(55)57-4)15-17-58-40(43)44/h7-14,21-22,25,30,33-35,40,47H,5-6,15-20,23-24H2,1-4H3,(H,45,48)(H,46,49)(H,50,55)/t30-,33-,34-,35-/m0/s1. The van der Waals surface area contributed by atoms with E-state index in [1.165, 1.54) is 0 Å². The van der Waals surface area contributed by atoms with Crippen LogP contribution >= 0.6 is 0 Å². The van der Waals surface area contributed by atoms with Crippen molar-refractivity contribution in [3.63, 3.8) is 0 Å². The van der Waals surface area contributed by atoms with Gasteiger partial charge in [0.2, 0.25) is 11.8 Å². The lowest BCUT2D eigenvalue weighted by atomic mass is 10.0. The first-order valence-corrected chi connectivity index (χ1v) is 20.2. The van der Waals surface area contributed by atoms with E-state index in [0.29, 0.717) is 57.2 Å². The zero-order valence-electron chi connectivity index (χ0n) is 34.1. The van der Waals surface area contributed by atoms with E-state index < -0.39 is 43.1 Å². The number of ether oxygens (including phenoxy) is 5. The van der Waals surface area contributed by atoms with Crippen molar-refractivity contribution in [2.45, 2.75) is 76.1 Å². The fourth-order valence-corrected chi connectivity index (χ4v) is 8.22. The van der Waals surface area contributed by atoms with E-state index in [2.05, 4.69) is 35.1 Å². The second-order valence-corrected chi connectivity index (χ2v) is 15.5. The van der Waals surface area contributed by atoms with Crippen molar-refractivity contribution in [1.82, 2.24) is 40.4 Å². The second kappa shape index (κ2) is 19.0. The van der Waals surface area contributed by atoms with Crippen LogP contribution in [0.1, 0.15) is 63.3 Å². The third-order valence-electron chi connectivity index (χ3n) is 11.3. The lowest BCUT2D eigenvalue weighted by Crippen LogP contribution is -2.50. The summed E-state index contributed by atoms with van der Waals surface area (Å²) in [6.07, 6.45) is 4.33. The van der Waals surface area contributed by atoms with Gasteiger partial charge in [0, 0.05) is 26.5 Å². The highest BCUT2D eigenvalue weighted by molar-refractivity contribution is 5.86. The molecule has 4 N–H and O–H groups in total. The van der Waals surface area contributed by atoms with Gasteiger partial charge in [-0.2, -0.15) is 8.78 Å². The summed E-state index contributed by atoms with van der Waals surface area (Å²) < 4.78 is 51.5. The maximum absolute atomic E-state index is 14.0. The van der Waals surface area contributed by atoms with E-state index in [0.717, 1.165) is 40.8 Å². The van der Waals surface area contributed by atoms with Gasteiger partial charge in [-0.15, -0.1) is 0 Å². The minimum atomic E-state index is -2.99. The minimum absolute atomic E-state index is 0.0276. The first-order valence-electron chi connectivity index (χ1n) is 20.2. The summed E-state index contributed by atoms with van der Waals surface area (Å²) in [6, 6.07) is 13.9. The largest absolute Gasteiger partial charge is 0.453 e. The van der Waals surface area contributed by atoms with Crippen LogP contribution < -0.4 is 10.6 Å². The summed E-state index contributed by atoms with van der Waals surface area (Å²) in [5.74, 6) is -0.0718. The van der Waals surface area contributed by atoms with Crippen LogP contribution in [-0.4, -0.2) is 126 Å². The Bertz CT molecular complexity index is 2070. The fourth-order valence-electron chi connectivity index (χ4n) is 8.22. The van der Waals surface area contributed by atoms with Gasteiger partial charge in [-0.1, -0.05) is 62.4 Å². The zero-order valence-corrected chi connectivity index (χ0v) is 34.1. The molecule has 3 aliphatic heterocycles. The van der Waals surface area contributed by atoms with Crippen LogP contribution in [0.5, 0.6) is 0 Å². The highest BCUT2D eigenvalue weighted by Crippen LogP contribution is 2.43. The van der Waals surface area contributed by atoms with Gasteiger partial charge < -0.3 is 48.8 Å². The lowest BCUT2D eigenvalue weighted by molar-refractivity contribution is -0.154. The Morgan fingerprint density at radius 1 is 0.867 bits per heavy atom. The van der Waals surface area contributed by atoms with Gasteiger partial charge >= 0.3 is 12.7 Å². The third kappa shape index (κ3) is 9.52. The Balaban J connectivity index is 1.01. The number of hydrogen-bond donors (Lipinski definition) is 4. The molecule has 18 heteroatoms. The molecular weight excluding hydrogens is 783 g/mol. The Kier molecular flexibility index (Phi) is 13.5. The van der Waals surface area contributed by atoms with Crippen molar-refractivity contribution in [2.24, 2.45) is 5.92 Å². The zero-order chi connectivity index (χ0) is 42.4. The van der Waals surface area contributed by atoms with E-state index in [4.69, 9.17) is 19.2 Å². The van der Waals surface area contributed by atoms with E-state index in [1.807, 2.05) is 67.3 Å². The van der Waals surface area contributed by atoms with Crippen LogP contribution in [0.25, 0.3) is 33.6 Å². The number of carbonyl (C=O) groups excluding carboxylic acids is 3. The molecule has 3 aliphatic rings. The van der Waals surface area contributed by atoms with E-state index in [-0.39, 0.29) is 37.1 Å². The number of nitrogens with one attached hydrogen (secondary N) is 4. The van der Waals surface area contributed by atoms with Gasteiger partial charge in [0.15, 0.2) is 5.79 Å². The molecule has 7 rings (SSSR count). The quantitative estimate of drug-likeness (QED) is 0.106. The molecule has 322 valence electrons. The van der Waals surface area contributed by atoms with Crippen molar-refractivity contribution in [1.29, 1.82) is 0 Å². The number of halogens is 2. The minimum Gasteiger partial charge on any atom is -0.453 e. The molecule has 60 heavy (non-hydrogen) atoms. The van der Waals surface area contributed by atoms with Gasteiger partial charge in [-0.25, -0.2) is 14.8 Å². The molecule has 3 saturated heterocycles. The lowest BCUT2D eigenvalue weighted by Gasteiger charge is -2.30. The number of aromatic amines is 2. The summed E-state index contributed by atoms with van der Waals surface area (Å²) in [4.78, 5) is 59.1. The van der Waals surface area contributed by atoms with Crippen molar-refractivity contribution >= 4 is 17.9 Å². The van der Waals surface area contributed by atoms with Crippen molar-refractivity contribution < 1.29 is 46.8 Å². The average Bonchev–Trinajstić information content (AvgIpc) is 4.11. The highest BCUT2D eigenvalue weighted by atomic mass is 19.3. The normalized spacial score (nSPS) is 19.7. The molecule has 2 aromatic carbocycles. The number of alkyl carbamates (subject to hydrolysis) is 1. The number of likely N-dealkylation sites (tertiary alicyclic amines) is 2. The SMILES string of the molecule is COCN[C@H](C(=O)N1CC2(C[C@H]1c1ncc(-c3ccc(-c4ccc(-c5cnc([C@@H]6CCCN6C(=O)[C@H](CCOC(F)F)NC(=O)OC)[nH]5)cc4)cc3)[nH]1)OCCO2)C(C)C. The molecule has 0 radical (unpaired) electrons. The molecule has 0 unspecified atom stereocenters. The van der Waals surface area contributed by atoms with Crippen LogP contribution in [0.3, 0.4) is 0 Å². The molecule has 0 saturated carbocycles. The molecule has 2 aromatic heterocycles. The Labute approximate surface area is 346 Å². The van der Waals surface area contributed by atoms with Crippen LogP contribution in [0, 0.1) is 5.92 Å². The van der Waals surface area contributed by atoms with Crippen LogP contribution in [0.15, 0.2) is 60.9 Å². The number of amides is 3. The summed E-state index contributed by atoms with van der Waals surface area (Å²) in [5.41, 5.74) is 5.44. The summed E-state index contributed by atoms with van der Waals surface area (Å²) >= 11 is 0. The molecule has 3 amide bonds. The van der Waals surface area contributed by atoms with Gasteiger partial charge in [-0.05, 0) is 41.0 Å². The number of imidazole rings is 2. The molecule has 5 heterocycles. The smallest absolute Gasteiger partial charge is 0.407 e. The number of aromatic nitrogens is 4. The van der Waals surface area contributed by atoms with Gasteiger partial charge in [0.25, 0.3) is 0 Å². The molecule has 16 nitrogen and oxygen atoms in total. The fraction of sp³-hybridized carbons (Fsp3) is 0.500. The maximum Gasteiger partial charge on any atom is 0.407 e. The Hall–Kier alpha value is -5.27. The number of benzene rings is 2.